The molecular weight excluding hydrogens is 308 g/mol. The zero-order chi connectivity index (χ0) is 17.1. The quantitative estimate of drug-likeness (QED) is 0.634. The van der Waals surface area contributed by atoms with Crippen molar-refractivity contribution >= 4 is 17.5 Å². The van der Waals surface area contributed by atoms with Gasteiger partial charge in [-0.3, -0.25) is 9.59 Å². The molecule has 0 aromatic carbocycles. The lowest BCUT2D eigenvalue weighted by atomic mass is 9.38. The van der Waals surface area contributed by atoms with E-state index in [9.17, 15) is 14.4 Å². The molecule has 4 aliphatic carbocycles. The van der Waals surface area contributed by atoms with Gasteiger partial charge >= 0.3 is 5.97 Å². The molecule has 5 nitrogen and oxygen atoms in total. The molecule has 5 heteroatoms. The van der Waals surface area contributed by atoms with E-state index in [1.54, 1.807) is 6.08 Å². The highest BCUT2D eigenvalue weighted by Gasteiger charge is 2.88. The fourth-order valence-electron chi connectivity index (χ4n) is 6.60. The number of ether oxygens (including phenoxy) is 2. The molecule has 3 saturated carbocycles. The van der Waals surface area contributed by atoms with Crippen molar-refractivity contribution in [1.82, 2.24) is 0 Å². The monoisotopic (exact) mass is 330 g/mol. The van der Waals surface area contributed by atoms with Crippen molar-refractivity contribution in [2.24, 2.45) is 28.1 Å². The molecule has 0 aromatic heterocycles. The van der Waals surface area contributed by atoms with E-state index < -0.39 is 33.9 Å². The highest BCUT2D eigenvalue weighted by atomic mass is 16.6. The van der Waals surface area contributed by atoms with Crippen molar-refractivity contribution in [2.45, 2.75) is 51.7 Å². The molecule has 4 bridgehead atoms. The normalized spacial score (nSPS) is 53.6. The predicted octanol–water partition coefficient (Wildman–Crippen LogP) is 1.84. The van der Waals surface area contributed by atoms with Crippen LogP contribution in [0.15, 0.2) is 12.2 Å². The van der Waals surface area contributed by atoms with Gasteiger partial charge in [0.2, 0.25) is 0 Å². The number of carbonyl (C=O) groups excluding carboxylic acids is 3. The molecule has 6 rings (SSSR count). The number of hydrogen-bond donors (Lipinski definition) is 0. The Morgan fingerprint density at radius 3 is 2.71 bits per heavy atom. The van der Waals surface area contributed by atoms with E-state index >= 15 is 0 Å². The third-order valence-corrected chi connectivity index (χ3v) is 7.74. The Labute approximate surface area is 140 Å². The number of cyclic esters (lactones) is 1. The molecule has 2 aliphatic heterocycles. The largest absolute Gasteiger partial charge is 0.462 e. The molecule has 2 saturated heterocycles. The lowest BCUT2D eigenvalue weighted by molar-refractivity contribution is -0.222. The number of allylic oxidation sites excluding steroid dienone is 1. The first kappa shape index (κ1) is 14.8. The molecule has 0 amide bonds. The molecule has 0 N–H and O–H groups in total. The summed E-state index contributed by atoms with van der Waals surface area (Å²) in [5.41, 5.74) is -3.80. The van der Waals surface area contributed by atoms with E-state index in [0.29, 0.717) is 12.8 Å². The van der Waals surface area contributed by atoms with Crippen molar-refractivity contribution in [3.8, 4) is 0 Å². The third kappa shape index (κ3) is 1.15. The summed E-state index contributed by atoms with van der Waals surface area (Å²) in [5.74, 6) is -0.492. The smallest absolute Gasteiger partial charge is 0.339 e. The van der Waals surface area contributed by atoms with Crippen molar-refractivity contribution in [3.63, 3.8) is 0 Å². The summed E-state index contributed by atoms with van der Waals surface area (Å²) >= 11 is 0. The summed E-state index contributed by atoms with van der Waals surface area (Å²) in [6.45, 7) is 5.92. The molecule has 6 atom stereocenters. The Balaban J connectivity index is 1.87. The molecule has 128 valence electrons. The Kier molecular flexibility index (Phi) is 2.37. The third-order valence-electron chi connectivity index (χ3n) is 7.74. The van der Waals surface area contributed by atoms with Gasteiger partial charge in [-0.2, -0.15) is 0 Å². The van der Waals surface area contributed by atoms with Crippen LogP contribution in [-0.4, -0.2) is 35.8 Å². The van der Waals surface area contributed by atoms with E-state index in [4.69, 9.17) is 9.47 Å². The van der Waals surface area contributed by atoms with Gasteiger partial charge in [0.05, 0.1) is 11.5 Å². The fourth-order valence-corrected chi connectivity index (χ4v) is 6.60. The van der Waals surface area contributed by atoms with Gasteiger partial charge in [-0.15, -0.1) is 0 Å². The first-order valence-corrected chi connectivity index (χ1v) is 8.86. The molecule has 2 spiro atoms. The highest BCUT2D eigenvalue weighted by Crippen LogP contribution is 2.75. The van der Waals surface area contributed by atoms with Crippen LogP contribution in [-0.2, 0) is 23.9 Å². The average Bonchev–Trinajstić information content (AvgIpc) is 2.76. The second kappa shape index (κ2) is 3.85. The number of carbonyl (C=O) groups is 3. The maximum absolute atomic E-state index is 13.5. The maximum atomic E-state index is 13.5. The van der Waals surface area contributed by atoms with Crippen LogP contribution in [0.2, 0.25) is 0 Å². The van der Waals surface area contributed by atoms with Crippen LogP contribution in [0.4, 0.5) is 0 Å². The van der Waals surface area contributed by atoms with Crippen LogP contribution in [0.25, 0.3) is 0 Å². The van der Waals surface area contributed by atoms with Crippen LogP contribution in [0, 0.1) is 28.1 Å². The molecule has 6 unspecified atom stereocenters. The van der Waals surface area contributed by atoms with Gasteiger partial charge in [0, 0.05) is 11.3 Å². The van der Waals surface area contributed by atoms with E-state index in [0.717, 1.165) is 6.42 Å². The summed E-state index contributed by atoms with van der Waals surface area (Å²) in [7, 11) is 0. The van der Waals surface area contributed by atoms with Crippen LogP contribution in [0.1, 0.15) is 40.0 Å². The Morgan fingerprint density at radius 2 is 1.96 bits per heavy atom. The molecule has 2 heterocycles. The molecule has 24 heavy (non-hydrogen) atoms. The first-order valence-electron chi connectivity index (χ1n) is 8.86. The zero-order valence-corrected chi connectivity index (χ0v) is 14.3. The van der Waals surface area contributed by atoms with Crippen molar-refractivity contribution in [3.05, 3.63) is 12.2 Å². The summed E-state index contributed by atoms with van der Waals surface area (Å²) in [6, 6.07) is 0. The van der Waals surface area contributed by atoms with Gasteiger partial charge in [0.15, 0.2) is 11.4 Å². The van der Waals surface area contributed by atoms with Gasteiger partial charge in [-0.1, -0.05) is 26.8 Å². The highest BCUT2D eigenvalue weighted by molar-refractivity contribution is 6.09. The summed E-state index contributed by atoms with van der Waals surface area (Å²) in [5, 5.41) is 0. The fraction of sp³-hybridized carbons (Fsp3) is 0.737. The van der Waals surface area contributed by atoms with Crippen molar-refractivity contribution in [1.29, 1.82) is 0 Å². The lowest BCUT2D eigenvalue weighted by Gasteiger charge is -2.61. The van der Waals surface area contributed by atoms with Gasteiger partial charge in [-0.25, -0.2) is 4.79 Å². The van der Waals surface area contributed by atoms with Gasteiger partial charge in [0.25, 0.3) is 0 Å². The number of hydrogen-bond acceptors (Lipinski definition) is 5. The summed E-state index contributed by atoms with van der Waals surface area (Å²) in [6.07, 6.45) is 4.88. The van der Waals surface area contributed by atoms with Gasteiger partial charge < -0.3 is 9.47 Å². The van der Waals surface area contributed by atoms with E-state index in [-0.39, 0.29) is 30.0 Å². The second-order valence-electron chi connectivity index (χ2n) is 8.95. The molecule has 0 radical (unpaired) electrons. The standard InChI is InChI=1S/C19H22O5/c1-10-11-4-7-18(13(10)21)17-9-23-15(22)19(18,8-11)24-14(17)16(2,3)6-5-12(17)20/h5-6,10-11,14H,4,7-9H2,1-3H3. The van der Waals surface area contributed by atoms with Crippen molar-refractivity contribution < 1.29 is 23.9 Å². The second-order valence-corrected chi connectivity index (χ2v) is 8.95. The minimum Gasteiger partial charge on any atom is -0.462 e. The minimum absolute atomic E-state index is 0.0338. The molecule has 0 aromatic rings. The number of Topliss-reactive ketones (excluding diaryl/α,β-unsaturated/α-hetero) is 1. The minimum atomic E-state index is -1.26. The lowest BCUT2D eigenvalue weighted by Crippen LogP contribution is -2.75. The Hall–Kier alpha value is -1.49. The summed E-state index contributed by atoms with van der Waals surface area (Å²) in [4.78, 5) is 39.5. The van der Waals surface area contributed by atoms with Crippen LogP contribution in [0.5, 0.6) is 0 Å². The molecular formula is C19H22O5. The molecule has 6 aliphatic rings. The molecule has 5 fully saturated rings. The number of rotatable bonds is 0. The van der Waals surface area contributed by atoms with Crippen LogP contribution < -0.4 is 0 Å². The Bertz CT molecular complexity index is 736. The van der Waals surface area contributed by atoms with E-state index in [2.05, 4.69) is 0 Å². The average molecular weight is 330 g/mol. The Morgan fingerprint density at radius 1 is 1.21 bits per heavy atom. The predicted molar refractivity (Wildman–Crippen MR) is 82.9 cm³/mol. The zero-order valence-electron chi connectivity index (χ0n) is 14.3. The maximum Gasteiger partial charge on any atom is 0.339 e. The van der Waals surface area contributed by atoms with Crippen LogP contribution >= 0.6 is 0 Å². The first-order chi connectivity index (χ1) is 11.2. The summed E-state index contributed by atoms with van der Waals surface area (Å²) < 4.78 is 12.0. The number of ketones is 2. The number of esters is 1. The van der Waals surface area contributed by atoms with E-state index in [1.807, 2.05) is 26.8 Å². The van der Waals surface area contributed by atoms with Gasteiger partial charge in [0.1, 0.15) is 17.8 Å². The van der Waals surface area contributed by atoms with Gasteiger partial charge in [-0.05, 0) is 31.3 Å². The van der Waals surface area contributed by atoms with E-state index in [1.165, 1.54) is 0 Å². The topological polar surface area (TPSA) is 69.7 Å². The SMILES string of the molecule is CC1C(=O)C23CCC1CC21OC2C(C)(C)C=CC(=O)C23COC1=O. The van der Waals surface area contributed by atoms with Crippen LogP contribution in [0.3, 0.4) is 0 Å². The van der Waals surface area contributed by atoms with Crippen molar-refractivity contribution in [2.75, 3.05) is 6.61 Å². The number of fused-ring (bicyclic) bond motifs is 2.